The number of benzene rings is 1. The van der Waals surface area contributed by atoms with Crippen molar-refractivity contribution in [3.05, 3.63) is 58.7 Å². The molecule has 12 nitrogen and oxygen atoms in total. The molecule has 13 heteroatoms. The van der Waals surface area contributed by atoms with E-state index in [-0.39, 0.29) is 19.1 Å². The maximum absolute atomic E-state index is 13.7. The number of hydroxylamine groups is 1. The van der Waals surface area contributed by atoms with Crippen LogP contribution in [-0.4, -0.2) is 65.5 Å². The van der Waals surface area contributed by atoms with Gasteiger partial charge in [-0.25, -0.2) is 13.2 Å². The molecule has 2 aliphatic rings. The van der Waals surface area contributed by atoms with Crippen molar-refractivity contribution in [2.45, 2.75) is 56.2 Å². The second-order valence-electron chi connectivity index (χ2n) is 9.52. The molecule has 196 valence electrons. The van der Waals surface area contributed by atoms with E-state index in [2.05, 4.69) is 6.58 Å². The standard InChI is InChI=1S/C23H30N4O8S/c1-5-12-34-27(36(32,33)19-9-7-6-8-18(19)26(30)31)16-13-17(15-10-11-15)20(21(24)28)25(14-16)22(29)35-23(2,3)4/h5-9,13,15-16,20H,1,10-12,14H2,2-4H3,(H2,24,28)/t16-,20+/m1/s1. The number of hydrogen-bond acceptors (Lipinski definition) is 8. The van der Waals surface area contributed by atoms with Gasteiger partial charge in [0.1, 0.15) is 11.6 Å². The van der Waals surface area contributed by atoms with Crippen molar-refractivity contribution in [2.75, 3.05) is 13.2 Å². The number of para-hydroxylation sites is 1. The highest BCUT2D eigenvalue weighted by atomic mass is 32.2. The highest BCUT2D eigenvalue weighted by Crippen LogP contribution is 2.42. The van der Waals surface area contributed by atoms with Crippen LogP contribution in [0.5, 0.6) is 0 Å². The Morgan fingerprint density at radius 3 is 2.47 bits per heavy atom. The zero-order valence-electron chi connectivity index (χ0n) is 20.3. The number of rotatable bonds is 9. The van der Waals surface area contributed by atoms with Crippen LogP contribution in [0.2, 0.25) is 0 Å². The van der Waals surface area contributed by atoms with Crippen LogP contribution in [0, 0.1) is 16.0 Å². The van der Waals surface area contributed by atoms with Crippen molar-refractivity contribution in [3.63, 3.8) is 0 Å². The van der Waals surface area contributed by atoms with Crippen molar-refractivity contribution in [3.8, 4) is 0 Å². The van der Waals surface area contributed by atoms with Gasteiger partial charge in [-0.05, 0) is 51.2 Å². The van der Waals surface area contributed by atoms with Gasteiger partial charge >= 0.3 is 6.09 Å². The van der Waals surface area contributed by atoms with Gasteiger partial charge in [-0.1, -0.05) is 28.8 Å². The number of nitrogens with two attached hydrogens (primary N) is 1. The fraction of sp³-hybridized carbons (Fsp3) is 0.478. The van der Waals surface area contributed by atoms with Gasteiger partial charge in [0.2, 0.25) is 5.91 Å². The molecule has 1 saturated carbocycles. The monoisotopic (exact) mass is 522 g/mol. The van der Waals surface area contributed by atoms with Gasteiger partial charge in [-0.3, -0.25) is 24.6 Å². The van der Waals surface area contributed by atoms with E-state index in [1.165, 1.54) is 18.2 Å². The third-order valence-corrected chi connectivity index (χ3v) is 7.26. The largest absolute Gasteiger partial charge is 0.444 e. The van der Waals surface area contributed by atoms with E-state index in [0.717, 1.165) is 29.9 Å². The molecule has 1 fully saturated rings. The van der Waals surface area contributed by atoms with Gasteiger partial charge in [0, 0.05) is 12.6 Å². The van der Waals surface area contributed by atoms with Crippen LogP contribution >= 0.6 is 0 Å². The summed E-state index contributed by atoms with van der Waals surface area (Å²) in [6, 6.07) is 2.62. The molecule has 1 aromatic carbocycles. The number of nitro benzene ring substituents is 1. The lowest BCUT2D eigenvalue weighted by Crippen LogP contribution is -2.58. The SMILES string of the molecule is C=CCON([C@@H]1C=C(C2CC2)[C@@H](C(N)=O)N(C(=O)OC(C)(C)C)C1)S(=O)(=O)c1ccccc1[N+](=O)[O-]. The third kappa shape index (κ3) is 5.91. The Morgan fingerprint density at radius 2 is 1.94 bits per heavy atom. The Bertz CT molecular complexity index is 1190. The van der Waals surface area contributed by atoms with Gasteiger partial charge in [-0.15, -0.1) is 6.58 Å². The second kappa shape index (κ2) is 10.4. The van der Waals surface area contributed by atoms with Gasteiger partial charge in [0.25, 0.3) is 15.7 Å². The average molecular weight is 523 g/mol. The Labute approximate surface area is 209 Å². The lowest BCUT2D eigenvalue weighted by molar-refractivity contribution is -0.388. The number of sulfonamides is 1. The van der Waals surface area contributed by atoms with Crippen molar-refractivity contribution in [1.82, 2.24) is 9.37 Å². The number of hydrogen-bond donors (Lipinski definition) is 1. The van der Waals surface area contributed by atoms with Crippen LogP contribution in [0.4, 0.5) is 10.5 Å². The molecule has 2 amide bonds. The number of carbonyl (C=O) groups is 2. The summed E-state index contributed by atoms with van der Waals surface area (Å²) in [5, 5.41) is 11.6. The van der Waals surface area contributed by atoms with Crippen molar-refractivity contribution in [1.29, 1.82) is 0 Å². The van der Waals surface area contributed by atoms with E-state index in [0.29, 0.717) is 10.0 Å². The summed E-state index contributed by atoms with van der Waals surface area (Å²) < 4.78 is 33.5. The Morgan fingerprint density at radius 1 is 1.31 bits per heavy atom. The Kier molecular flexibility index (Phi) is 7.86. The predicted octanol–water partition coefficient (Wildman–Crippen LogP) is 2.51. The molecule has 0 spiro atoms. The first-order chi connectivity index (χ1) is 16.8. The Balaban J connectivity index is 2.13. The maximum Gasteiger partial charge on any atom is 0.411 e. The first-order valence-corrected chi connectivity index (χ1v) is 12.7. The summed E-state index contributed by atoms with van der Waals surface area (Å²) in [7, 11) is -4.62. The van der Waals surface area contributed by atoms with E-state index < -0.39 is 55.2 Å². The first-order valence-electron chi connectivity index (χ1n) is 11.3. The molecule has 0 radical (unpaired) electrons. The third-order valence-electron chi connectivity index (χ3n) is 5.51. The summed E-state index contributed by atoms with van der Waals surface area (Å²) in [6.45, 7) is 7.92. The number of amides is 2. The normalized spacial score (nSPS) is 20.6. The minimum atomic E-state index is -4.62. The lowest BCUT2D eigenvalue weighted by atomic mass is 9.93. The summed E-state index contributed by atoms with van der Waals surface area (Å²) >= 11 is 0. The van der Waals surface area contributed by atoms with Gasteiger partial charge in [0.05, 0.1) is 17.6 Å². The topological polar surface area (TPSA) is 162 Å². The van der Waals surface area contributed by atoms with E-state index in [9.17, 15) is 28.1 Å². The molecule has 2 atom stereocenters. The van der Waals surface area contributed by atoms with Crippen molar-refractivity contribution >= 4 is 27.7 Å². The molecular weight excluding hydrogens is 492 g/mol. The molecule has 2 N–H and O–H groups in total. The smallest absolute Gasteiger partial charge is 0.411 e. The number of nitrogens with zero attached hydrogens (tertiary/aromatic N) is 3. The van der Waals surface area contributed by atoms with E-state index >= 15 is 0 Å². The van der Waals surface area contributed by atoms with Gasteiger partial charge in [0.15, 0.2) is 4.90 Å². The lowest BCUT2D eigenvalue weighted by Gasteiger charge is -2.41. The van der Waals surface area contributed by atoms with E-state index in [4.69, 9.17) is 15.3 Å². The minimum absolute atomic E-state index is 0.0785. The minimum Gasteiger partial charge on any atom is -0.444 e. The molecule has 1 aromatic rings. The summed E-state index contributed by atoms with van der Waals surface area (Å²) in [5.74, 6) is -0.858. The predicted molar refractivity (Wildman–Crippen MR) is 129 cm³/mol. The summed E-state index contributed by atoms with van der Waals surface area (Å²) in [4.78, 5) is 42.3. The fourth-order valence-electron chi connectivity index (χ4n) is 3.97. The van der Waals surface area contributed by atoms with Crippen LogP contribution < -0.4 is 5.73 Å². The molecule has 36 heavy (non-hydrogen) atoms. The van der Waals surface area contributed by atoms with Crippen molar-refractivity contribution < 1.29 is 32.5 Å². The van der Waals surface area contributed by atoms with Crippen LogP contribution in [0.15, 0.2) is 53.5 Å². The summed E-state index contributed by atoms with van der Waals surface area (Å²) in [6.07, 6.45) is 3.47. The molecule has 1 aliphatic carbocycles. The molecule has 0 aromatic heterocycles. The van der Waals surface area contributed by atoms with Crippen LogP contribution in [0.3, 0.4) is 0 Å². The van der Waals surface area contributed by atoms with Gasteiger partial charge < -0.3 is 10.5 Å². The number of primary amides is 1. The Hall–Kier alpha value is -3.29. The molecule has 0 saturated heterocycles. The highest BCUT2D eigenvalue weighted by Gasteiger charge is 2.47. The van der Waals surface area contributed by atoms with Crippen molar-refractivity contribution in [2.24, 2.45) is 11.7 Å². The van der Waals surface area contributed by atoms with Crippen LogP contribution in [-0.2, 0) is 24.4 Å². The first kappa shape index (κ1) is 27.3. The van der Waals surface area contributed by atoms with Gasteiger partial charge in [-0.2, -0.15) is 0 Å². The van der Waals surface area contributed by atoms with E-state index in [1.807, 2.05) is 0 Å². The molecule has 0 bridgehead atoms. The van der Waals surface area contributed by atoms with E-state index in [1.54, 1.807) is 26.8 Å². The zero-order chi connectivity index (χ0) is 26.8. The zero-order valence-corrected chi connectivity index (χ0v) is 21.1. The number of ether oxygens (including phenoxy) is 1. The quantitative estimate of drug-likeness (QED) is 0.294. The molecule has 1 aliphatic heterocycles. The second-order valence-corrected chi connectivity index (χ2v) is 11.3. The number of nitro groups is 1. The maximum atomic E-state index is 13.7. The average Bonchev–Trinajstić information content (AvgIpc) is 3.62. The number of carbonyl (C=O) groups excluding carboxylic acids is 2. The molecule has 1 heterocycles. The fourth-order valence-corrected chi connectivity index (χ4v) is 5.50. The summed E-state index contributed by atoms with van der Waals surface area (Å²) in [5.41, 5.74) is 4.62. The van der Waals surface area contributed by atoms with Crippen LogP contribution in [0.1, 0.15) is 33.6 Å². The molecule has 3 rings (SSSR count). The molecule has 0 unspecified atom stereocenters. The molecular formula is C23H30N4O8S. The highest BCUT2D eigenvalue weighted by molar-refractivity contribution is 7.89. The van der Waals surface area contributed by atoms with Crippen LogP contribution in [0.25, 0.3) is 0 Å².